The number of pyridine rings is 1. The third-order valence-corrected chi connectivity index (χ3v) is 7.96. The molecule has 0 saturated heterocycles. The summed E-state index contributed by atoms with van der Waals surface area (Å²) in [5.74, 6) is 3.12. The highest BCUT2D eigenvalue weighted by Gasteiger charge is 2.29. The Morgan fingerprint density at radius 1 is 1.05 bits per heavy atom. The van der Waals surface area contributed by atoms with Crippen LogP contribution in [0.2, 0.25) is 0 Å². The minimum atomic E-state index is -0.103. The van der Waals surface area contributed by atoms with Gasteiger partial charge in [-0.3, -0.25) is 9.69 Å². The summed E-state index contributed by atoms with van der Waals surface area (Å²) in [7, 11) is 0. The zero-order valence-corrected chi connectivity index (χ0v) is 23.1. The van der Waals surface area contributed by atoms with Crippen LogP contribution >= 0.6 is 0 Å². The van der Waals surface area contributed by atoms with Gasteiger partial charge in [-0.05, 0) is 78.6 Å². The van der Waals surface area contributed by atoms with E-state index in [0.29, 0.717) is 31.3 Å². The van der Waals surface area contributed by atoms with Gasteiger partial charge in [0.15, 0.2) is 17.3 Å². The van der Waals surface area contributed by atoms with Gasteiger partial charge in [-0.25, -0.2) is 4.68 Å². The van der Waals surface area contributed by atoms with E-state index in [0.717, 1.165) is 58.8 Å². The Kier molecular flexibility index (Phi) is 7.68. The molecule has 1 aliphatic carbocycles. The molecule has 210 valence electrons. The lowest BCUT2D eigenvalue weighted by Gasteiger charge is -2.32. The third kappa shape index (κ3) is 5.40. The molecule has 2 aliphatic rings. The highest BCUT2D eigenvalue weighted by Crippen LogP contribution is 2.36. The van der Waals surface area contributed by atoms with Gasteiger partial charge < -0.3 is 19.2 Å². The molecule has 40 heavy (non-hydrogen) atoms. The first-order valence-corrected chi connectivity index (χ1v) is 14.3. The predicted octanol–water partition coefficient (Wildman–Crippen LogP) is 5.30. The highest BCUT2D eigenvalue weighted by molar-refractivity contribution is 5.80. The zero-order chi connectivity index (χ0) is 27.5. The second kappa shape index (κ2) is 11.7. The Bertz CT molecular complexity index is 1530. The summed E-state index contributed by atoms with van der Waals surface area (Å²) in [6, 6.07) is 14.0. The molecule has 1 saturated carbocycles. The van der Waals surface area contributed by atoms with E-state index < -0.39 is 0 Å². The van der Waals surface area contributed by atoms with Crippen molar-refractivity contribution in [2.24, 2.45) is 0 Å². The van der Waals surface area contributed by atoms with Gasteiger partial charge in [-0.2, -0.15) is 0 Å². The summed E-state index contributed by atoms with van der Waals surface area (Å²) < 4.78 is 18.9. The smallest absolute Gasteiger partial charge is 0.252 e. The van der Waals surface area contributed by atoms with Crippen molar-refractivity contribution in [1.82, 2.24) is 30.1 Å². The molecule has 10 heteroatoms. The van der Waals surface area contributed by atoms with Crippen LogP contribution in [0.4, 0.5) is 0 Å². The predicted molar refractivity (Wildman–Crippen MR) is 151 cm³/mol. The number of H-pyrrole nitrogens is 1. The second-order valence-corrected chi connectivity index (χ2v) is 10.6. The van der Waals surface area contributed by atoms with Crippen LogP contribution in [-0.2, 0) is 13.1 Å². The number of nitrogens with zero attached hydrogens (tertiary/aromatic N) is 5. The Hall–Kier alpha value is -3.92. The summed E-state index contributed by atoms with van der Waals surface area (Å²) in [4.78, 5) is 18.7. The number of hydrogen-bond acceptors (Lipinski definition) is 8. The van der Waals surface area contributed by atoms with Crippen LogP contribution in [0.3, 0.4) is 0 Å². The minimum absolute atomic E-state index is 0.0906. The number of rotatable bonds is 10. The van der Waals surface area contributed by atoms with Crippen LogP contribution in [0.1, 0.15) is 81.4 Å². The van der Waals surface area contributed by atoms with Crippen molar-refractivity contribution in [3.05, 3.63) is 69.8 Å². The van der Waals surface area contributed by atoms with Gasteiger partial charge in [0.1, 0.15) is 5.75 Å². The minimum Gasteiger partial charge on any atom is -0.494 e. The molecule has 0 unspecified atom stereocenters. The van der Waals surface area contributed by atoms with E-state index in [4.69, 9.17) is 14.2 Å². The van der Waals surface area contributed by atoms with Crippen molar-refractivity contribution in [3.8, 4) is 17.2 Å². The molecule has 1 atom stereocenters. The Morgan fingerprint density at radius 3 is 2.73 bits per heavy atom. The Labute approximate surface area is 233 Å². The van der Waals surface area contributed by atoms with Gasteiger partial charge in [0.25, 0.3) is 5.56 Å². The molecule has 10 nitrogen and oxygen atoms in total. The van der Waals surface area contributed by atoms with Gasteiger partial charge in [-0.15, -0.1) is 5.10 Å². The van der Waals surface area contributed by atoms with E-state index >= 15 is 0 Å². The van der Waals surface area contributed by atoms with Crippen LogP contribution in [0.5, 0.6) is 17.2 Å². The molecule has 1 aliphatic heterocycles. The van der Waals surface area contributed by atoms with E-state index in [9.17, 15) is 4.79 Å². The number of nitrogens with one attached hydrogen (secondary N) is 1. The molecular formula is C30H36N6O4. The molecule has 2 aromatic heterocycles. The average Bonchev–Trinajstić information content (AvgIpc) is 3.64. The van der Waals surface area contributed by atoms with Crippen molar-refractivity contribution in [2.45, 2.75) is 77.5 Å². The van der Waals surface area contributed by atoms with E-state index in [2.05, 4.69) is 38.4 Å². The number of aromatic nitrogens is 5. The highest BCUT2D eigenvalue weighted by atomic mass is 16.7. The molecule has 4 aromatic rings. The Morgan fingerprint density at radius 2 is 1.90 bits per heavy atom. The Balaban J connectivity index is 1.37. The van der Waals surface area contributed by atoms with Crippen molar-refractivity contribution >= 4 is 10.9 Å². The summed E-state index contributed by atoms with van der Waals surface area (Å²) in [5, 5.41) is 14.0. The lowest BCUT2D eigenvalue weighted by Crippen LogP contribution is -2.33. The lowest BCUT2D eigenvalue weighted by molar-refractivity contribution is 0.155. The zero-order valence-electron chi connectivity index (χ0n) is 23.1. The molecule has 1 N–H and O–H groups in total. The molecule has 0 radical (unpaired) electrons. The van der Waals surface area contributed by atoms with Gasteiger partial charge >= 0.3 is 0 Å². The normalized spacial score (nSPS) is 16.1. The largest absolute Gasteiger partial charge is 0.494 e. The SMILES string of the molecule is CCOc1ccc2[nH]c(=O)c(CN(Cc3ccc4c(c3)OCO4)[C@@H](CC)c3nnnn3C3CCCCC3)cc2c1. The maximum Gasteiger partial charge on any atom is 0.252 e. The van der Waals surface area contributed by atoms with Crippen LogP contribution in [-0.4, -0.2) is 43.5 Å². The van der Waals surface area contributed by atoms with Gasteiger partial charge in [0.05, 0.1) is 18.7 Å². The topological polar surface area (TPSA) is 107 Å². The summed E-state index contributed by atoms with van der Waals surface area (Å²) >= 11 is 0. The van der Waals surface area contributed by atoms with E-state index in [1.54, 1.807) is 0 Å². The number of ether oxygens (including phenoxy) is 3. The van der Waals surface area contributed by atoms with Gasteiger partial charge in [0.2, 0.25) is 6.79 Å². The fraction of sp³-hybridized carbons (Fsp3) is 0.467. The molecule has 0 amide bonds. The fourth-order valence-electron chi connectivity index (χ4n) is 5.98. The first kappa shape index (κ1) is 26.3. The van der Waals surface area contributed by atoms with Crippen molar-refractivity contribution in [2.75, 3.05) is 13.4 Å². The quantitative estimate of drug-likeness (QED) is 0.287. The van der Waals surface area contributed by atoms with Crippen molar-refractivity contribution < 1.29 is 14.2 Å². The standard InChI is InChI=1S/C30H36N6O4/c1-3-26(29-32-33-34-36(29)23-8-6-5-7-9-23)35(17-20-10-13-27-28(14-20)40-19-39-27)18-22-15-21-16-24(38-4-2)11-12-25(21)31-30(22)37/h10-16,23,26H,3-9,17-19H2,1-2H3,(H,31,37)/t26-/m0/s1. The van der Waals surface area contributed by atoms with Crippen LogP contribution in [0.15, 0.2) is 47.3 Å². The monoisotopic (exact) mass is 544 g/mol. The molecule has 0 spiro atoms. The maximum absolute atomic E-state index is 13.3. The number of aromatic amines is 1. The summed E-state index contributed by atoms with van der Waals surface area (Å²) in [5.41, 5.74) is 2.43. The number of hydrogen-bond donors (Lipinski definition) is 1. The average molecular weight is 545 g/mol. The molecule has 1 fully saturated rings. The second-order valence-electron chi connectivity index (χ2n) is 10.6. The van der Waals surface area contributed by atoms with Gasteiger partial charge in [0, 0.05) is 29.6 Å². The van der Waals surface area contributed by atoms with Crippen molar-refractivity contribution in [3.63, 3.8) is 0 Å². The van der Waals surface area contributed by atoms with E-state index in [-0.39, 0.29) is 18.4 Å². The van der Waals surface area contributed by atoms with Crippen LogP contribution < -0.4 is 19.8 Å². The molecule has 6 rings (SSSR count). The molecule has 2 aromatic carbocycles. The number of tetrazole rings is 1. The molecule has 0 bridgehead atoms. The fourth-order valence-corrected chi connectivity index (χ4v) is 5.98. The number of benzene rings is 2. The number of fused-ring (bicyclic) bond motifs is 2. The molecular weight excluding hydrogens is 508 g/mol. The first-order valence-electron chi connectivity index (χ1n) is 14.3. The van der Waals surface area contributed by atoms with E-state index in [1.807, 2.05) is 48.0 Å². The van der Waals surface area contributed by atoms with E-state index in [1.165, 1.54) is 19.3 Å². The van der Waals surface area contributed by atoms with Gasteiger partial charge in [-0.1, -0.05) is 32.3 Å². The van der Waals surface area contributed by atoms with Crippen molar-refractivity contribution in [1.29, 1.82) is 0 Å². The van der Waals surface area contributed by atoms with Crippen LogP contribution in [0, 0.1) is 0 Å². The lowest BCUT2D eigenvalue weighted by atomic mass is 9.95. The van der Waals surface area contributed by atoms with Crippen LogP contribution in [0.25, 0.3) is 10.9 Å². The summed E-state index contributed by atoms with van der Waals surface area (Å²) in [6.45, 7) is 5.93. The third-order valence-electron chi connectivity index (χ3n) is 7.96. The molecule has 3 heterocycles. The first-order chi connectivity index (χ1) is 19.6. The maximum atomic E-state index is 13.3. The summed E-state index contributed by atoms with van der Waals surface area (Å²) in [6.07, 6.45) is 6.61.